The van der Waals surface area contributed by atoms with Crippen LogP contribution in [0.1, 0.15) is 30.1 Å². The van der Waals surface area contributed by atoms with E-state index < -0.39 is 0 Å². The molecule has 0 bridgehead atoms. The Bertz CT molecular complexity index is 1150. The van der Waals surface area contributed by atoms with Gasteiger partial charge in [-0.2, -0.15) is 5.10 Å². The number of fused-ring (bicyclic) bond motifs is 1. The Morgan fingerprint density at radius 3 is 2.62 bits per heavy atom. The van der Waals surface area contributed by atoms with E-state index in [1.54, 1.807) is 6.20 Å². The maximum atomic E-state index is 5.99. The number of halogens is 1. The fourth-order valence-electron chi connectivity index (χ4n) is 3.88. The maximum Gasteiger partial charge on any atom is 0.245 e. The van der Waals surface area contributed by atoms with Gasteiger partial charge in [0.25, 0.3) is 0 Å². The van der Waals surface area contributed by atoms with Gasteiger partial charge in [-0.25, -0.2) is 9.97 Å². The predicted octanol–water partition coefficient (Wildman–Crippen LogP) is 4.76. The molecular formula is C22H21ClN6. The van der Waals surface area contributed by atoms with Gasteiger partial charge in [-0.15, -0.1) is 5.10 Å². The van der Waals surface area contributed by atoms with Gasteiger partial charge in [-0.1, -0.05) is 29.8 Å². The van der Waals surface area contributed by atoms with E-state index >= 15 is 0 Å². The molecule has 29 heavy (non-hydrogen) atoms. The van der Waals surface area contributed by atoms with Gasteiger partial charge >= 0.3 is 0 Å². The first-order valence-corrected chi connectivity index (χ1v) is 10.2. The van der Waals surface area contributed by atoms with Gasteiger partial charge in [0.2, 0.25) is 5.95 Å². The fourth-order valence-corrected chi connectivity index (χ4v) is 4.00. The zero-order valence-corrected chi connectivity index (χ0v) is 16.9. The van der Waals surface area contributed by atoms with Crippen LogP contribution in [-0.4, -0.2) is 38.2 Å². The quantitative estimate of drug-likeness (QED) is 0.533. The first kappa shape index (κ1) is 18.1. The molecule has 0 saturated carbocycles. The first-order chi connectivity index (χ1) is 14.2. The van der Waals surface area contributed by atoms with Gasteiger partial charge in [0.1, 0.15) is 5.82 Å². The number of H-pyrrole nitrogens is 1. The lowest BCUT2D eigenvalue weighted by molar-refractivity contribution is 0.483. The molecule has 0 atom stereocenters. The summed E-state index contributed by atoms with van der Waals surface area (Å²) in [5.41, 5.74) is 5.19. The topological polar surface area (TPSA) is 70.6 Å². The van der Waals surface area contributed by atoms with E-state index in [1.165, 1.54) is 5.56 Å². The molecule has 146 valence electrons. The van der Waals surface area contributed by atoms with Crippen LogP contribution in [0.3, 0.4) is 0 Å². The molecule has 0 unspecified atom stereocenters. The van der Waals surface area contributed by atoms with Crippen LogP contribution in [0.25, 0.3) is 22.3 Å². The standard InChI is InChI=1S/C22H21ClN6/c1-14-2-7-18-19(12-14)26-21(25-18)16-8-10-29(11-9-16)22-27-20(13-24-28-22)15-3-5-17(23)6-4-15/h2-7,12-13,16H,8-11H2,1H3,(H,25,26). The molecule has 1 fully saturated rings. The number of benzene rings is 2. The molecule has 1 aliphatic rings. The highest BCUT2D eigenvalue weighted by Crippen LogP contribution is 2.30. The number of aromatic amines is 1. The lowest BCUT2D eigenvalue weighted by atomic mass is 9.96. The number of hydrogen-bond acceptors (Lipinski definition) is 5. The number of anilines is 1. The second-order valence-electron chi connectivity index (χ2n) is 7.55. The van der Waals surface area contributed by atoms with Crippen LogP contribution in [0, 0.1) is 6.92 Å². The van der Waals surface area contributed by atoms with Crippen molar-refractivity contribution in [2.75, 3.05) is 18.0 Å². The minimum atomic E-state index is 0.423. The third kappa shape index (κ3) is 3.68. The molecule has 5 rings (SSSR count). The highest BCUT2D eigenvalue weighted by atomic mass is 35.5. The Morgan fingerprint density at radius 2 is 1.83 bits per heavy atom. The van der Waals surface area contributed by atoms with Crippen LogP contribution in [0.2, 0.25) is 5.02 Å². The molecular weight excluding hydrogens is 384 g/mol. The number of nitrogens with zero attached hydrogens (tertiary/aromatic N) is 5. The second-order valence-corrected chi connectivity index (χ2v) is 7.99. The van der Waals surface area contributed by atoms with E-state index in [1.807, 2.05) is 24.3 Å². The molecule has 1 saturated heterocycles. The van der Waals surface area contributed by atoms with Crippen LogP contribution < -0.4 is 4.90 Å². The van der Waals surface area contributed by atoms with E-state index in [-0.39, 0.29) is 0 Å². The van der Waals surface area contributed by atoms with Crippen molar-refractivity contribution in [1.82, 2.24) is 25.1 Å². The average Bonchev–Trinajstić information content (AvgIpc) is 3.18. The van der Waals surface area contributed by atoms with Crippen LogP contribution in [0.5, 0.6) is 0 Å². The molecule has 0 spiro atoms. The Hall–Kier alpha value is -2.99. The first-order valence-electron chi connectivity index (χ1n) is 9.82. The number of aromatic nitrogens is 5. The monoisotopic (exact) mass is 404 g/mol. The molecule has 2 aromatic carbocycles. The molecule has 0 radical (unpaired) electrons. The van der Waals surface area contributed by atoms with E-state index in [9.17, 15) is 0 Å². The summed E-state index contributed by atoms with van der Waals surface area (Å²) in [6, 6.07) is 14.0. The third-order valence-corrected chi connectivity index (χ3v) is 5.76. The van der Waals surface area contributed by atoms with Crippen LogP contribution in [-0.2, 0) is 0 Å². The van der Waals surface area contributed by atoms with Gasteiger partial charge in [0, 0.05) is 29.6 Å². The number of nitrogens with one attached hydrogen (secondary N) is 1. The normalized spacial score (nSPS) is 15.2. The Kier molecular flexibility index (Phi) is 4.64. The molecule has 1 aliphatic heterocycles. The number of rotatable bonds is 3. The maximum absolute atomic E-state index is 5.99. The zero-order valence-electron chi connectivity index (χ0n) is 16.1. The van der Waals surface area contributed by atoms with Crippen molar-refractivity contribution in [2.24, 2.45) is 0 Å². The highest BCUT2D eigenvalue weighted by molar-refractivity contribution is 6.30. The van der Waals surface area contributed by atoms with Gasteiger partial charge in [0.15, 0.2) is 0 Å². The summed E-state index contributed by atoms with van der Waals surface area (Å²) in [6.07, 6.45) is 3.70. The van der Waals surface area contributed by atoms with Crippen molar-refractivity contribution in [3.05, 3.63) is 65.1 Å². The predicted molar refractivity (Wildman–Crippen MR) is 115 cm³/mol. The Labute approximate surface area is 174 Å². The lowest BCUT2D eigenvalue weighted by Crippen LogP contribution is -2.34. The van der Waals surface area contributed by atoms with E-state index in [0.717, 1.165) is 54.0 Å². The molecule has 0 amide bonds. The van der Waals surface area contributed by atoms with E-state index in [4.69, 9.17) is 21.6 Å². The Morgan fingerprint density at radius 1 is 1.03 bits per heavy atom. The van der Waals surface area contributed by atoms with Crippen LogP contribution >= 0.6 is 11.6 Å². The summed E-state index contributed by atoms with van der Waals surface area (Å²) in [7, 11) is 0. The molecule has 7 heteroatoms. The SMILES string of the molecule is Cc1ccc2nc(C3CCN(c4nncc(-c5ccc(Cl)cc5)n4)CC3)[nH]c2c1. The number of aryl methyl sites for hydroxylation is 1. The van der Waals surface area contributed by atoms with Gasteiger partial charge in [0.05, 0.1) is 22.9 Å². The summed E-state index contributed by atoms with van der Waals surface area (Å²) >= 11 is 5.99. The molecule has 3 heterocycles. The molecule has 4 aromatic rings. The average molecular weight is 405 g/mol. The van der Waals surface area contributed by atoms with Crippen LogP contribution in [0.4, 0.5) is 5.95 Å². The second kappa shape index (κ2) is 7.44. The Balaban J connectivity index is 1.31. The molecule has 2 aromatic heterocycles. The summed E-state index contributed by atoms with van der Waals surface area (Å²) in [5.74, 6) is 2.18. The largest absolute Gasteiger partial charge is 0.342 e. The summed E-state index contributed by atoms with van der Waals surface area (Å²) < 4.78 is 0. The van der Waals surface area contributed by atoms with Gasteiger partial charge < -0.3 is 9.88 Å². The van der Waals surface area contributed by atoms with Gasteiger partial charge in [-0.05, 0) is 49.6 Å². The number of imidazole rings is 1. The summed E-state index contributed by atoms with van der Waals surface area (Å²) in [5, 5.41) is 9.14. The van der Waals surface area contributed by atoms with Crippen LogP contribution in [0.15, 0.2) is 48.7 Å². The zero-order chi connectivity index (χ0) is 19.8. The summed E-state index contributed by atoms with van der Waals surface area (Å²) in [4.78, 5) is 15.2. The van der Waals surface area contributed by atoms with Crippen molar-refractivity contribution in [1.29, 1.82) is 0 Å². The third-order valence-electron chi connectivity index (χ3n) is 5.51. The van der Waals surface area contributed by atoms with Crippen molar-refractivity contribution < 1.29 is 0 Å². The fraction of sp³-hybridized carbons (Fsp3) is 0.273. The van der Waals surface area contributed by atoms with E-state index in [2.05, 4.69) is 45.2 Å². The van der Waals surface area contributed by atoms with Crippen molar-refractivity contribution in [3.8, 4) is 11.3 Å². The minimum absolute atomic E-state index is 0.423. The number of piperidine rings is 1. The summed E-state index contributed by atoms with van der Waals surface area (Å²) in [6.45, 7) is 3.86. The lowest BCUT2D eigenvalue weighted by Gasteiger charge is -2.30. The number of hydrogen-bond donors (Lipinski definition) is 1. The van der Waals surface area contributed by atoms with Crippen molar-refractivity contribution in [2.45, 2.75) is 25.7 Å². The molecule has 1 N–H and O–H groups in total. The van der Waals surface area contributed by atoms with Crippen molar-refractivity contribution in [3.63, 3.8) is 0 Å². The van der Waals surface area contributed by atoms with Crippen molar-refractivity contribution >= 4 is 28.6 Å². The molecule has 6 nitrogen and oxygen atoms in total. The minimum Gasteiger partial charge on any atom is -0.342 e. The van der Waals surface area contributed by atoms with E-state index in [0.29, 0.717) is 16.9 Å². The molecule has 0 aliphatic carbocycles. The smallest absolute Gasteiger partial charge is 0.245 e. The van der Waals surface area contributed by atoms with Gasteiger partial charge in [-0.3, -0.25) is 0 Å². The highest BCUT2D eigenvalue weighted by Gasteiger charge is 2.25.